The van der Waals surface area contributed by atoms with Gasteiger partial charge in [-0.2, -0.15) is 0 Å². The molecule has 1 atom stereocenters. The number of anilines is 1. The number of ether oxygens (including phenoxy) is 1. The van der Waals surface area contributed by atoms with Crippen molar-refractivity contribution in [3.05, 3.63) is 61.5 Å². The second-order valence-electron chi connectivity index (χ2n) is 7.81. The molecule has 7 heteroatoms. The Morgan fingerprint density at radius 2 is 1.93 bits per heavy atom. The van der Waals surface area contributed by atoms with Crippen LogP contribution >= 0.6 is 0 Å². The second kappa shape index (κ2) is 6.05. The van der Waals surface area contributed by atoms with Crippen molar-refractivity contribution in [3.8, 4) is 0 Å². The monoisotopic (exact) mass is 371 g/mol. The van der Waals surface area contributed by atoms with Gasteiger partial charge in [0.25, 0.3) is 5.56 Å². The number of halogens is 1. The molecule has 2 aromatic rings. The van der Waals surface area contributed by atoms with E-state index in [1.54, 1.807) is 6.07 Å². The molecule has 27 heavy (non-hydrogen) atoms. The van der Waals surface area contributed by atoms with E-state index in [1.165, 1.54) is 10.6 Å². The Bertz CT molecular complexity index is 1020. The fourth-order valence-corrected chi connectivity index (χ4v) is 4.93. The molecular weight excluding hydrogens is 349 g/mol. The van der Waals surface area contributed by atoms with Gasteiger partial charge in [0.05, 0.1) is 11.1 Å². The molecule has 1 aliphatic carbocycles. The number of rotatable bonds is 1. The topological polar surface area (TPSA) is 76.1 Å². The number of aromatic amines is 1. The summed E-state index contributed by atoms with van der Waals surface area (Å²) in [6.07, 6.45) is 4.32. The smallest absolute Gasteiger partial charge is 0.330 e. The molecule has 0 saturated carbocycles. The molecule has 142 valence electrons. The Kier molecular flexibility index (Phi) is 3.75. The third-order valence-corrected chi connectivity index (χ3v) is 6.36. The van der Waals surface area contributed by atoms with Crippen molar-refractivity contribution < 1.29 is 9.13 Å². The lowest BCUT2D eigenvalue weighted by atomic mass is 9.83. The van der Waals surface area contributed by atoms with Gasteiger partial charge in [0, 0.05) is 19.3 Å². The summed E-state index contributed by atoms with van der Waals surface area (Å²) >= 11 is 0. The third kappa shape index (κ3) is 2.56. The van der Waals surface area contributed by atoms with Crippen molar-refractivity contribution in [3.63, 3.8) is 0 Å². The Balaban J connectivity index is 1.56. The first kappa shape index (κ1) is 16.7. The quantitative estimate of drug-likeness (QED) is 0.806. The highest BCUT2D eigenvalue weighted by molar-refractivity contribution is 5.54. The molecule has 1 aromatic heterocycles. The van der Waals surface area contributed by atoms with Crippen molar-refractivity contribution in [2.75, 3.05) is 18.5 Å². The van der Waals surface area contributed by atoms with Gasteiger partial charge in [0.1, 0.15) is 11.6 Å². The third-order valence-electron chi connectivity index (χ3n) is 6.36. The van der Waals surface area contributed by atoms with Gasteiger partial charge in [0.2, 0.25) is 0 Å². The number of H-pyrrole nitrogens is 1. The van der Waals surface area contributed by atoms with Gasteiger partial charge in [-0.1, -0.05) is 6.07 Å². The van der Waals surface area contributed by atoms with Crippen molar-refractivity contribution in [2.45, 2.75) is 50.1 Å². The Labute approximate surface area is 155 Å². The Morgan fingerprint density at radius 3 is 2.74 bits per heavy atom. The first-order valence-corrected chi connectivity index (χ1v) is 9.60. The molecule has 3 aliphatic rings. The largest absolute Gasteiger partial charge is 0.381 e. The average molecular weight is 371 g/mol. The van der Waals surface area contributed by atoms with Crippen LogP contribution in [-0.4, -0.2) is 22.8 Å². The van der Waals surface area contributed by atoms with Crippen LogP contribution in [0.4, 0.5) is 10.2 Å². The minimum absolute atomic E-state index is 0.113. The van der Waals surface area contributed by atoms with Crippen LogP contribution in [0, 0.1) is 5.82 Å². The van der Waals surface area contributed by atoms with Crippen LogP contribution in [0.1, 0.15) is 48.4 Å². The van der Waals surface area contributed by atoms with E-state index >= 15 is 0 Å². The van der Waals surface area contributed by atoms with Crippen LogP contribution in [0.3, 0.4) is 0 Å². The molecule has 2 N–H and O–H groups in total. The Morgan fingerprint density at radius 1 is 1.15 bits per heavy atom. The molecule has 1 aromatic carbocycles. The van der Waals surface area contributed by atoms with Crippen LogP contribution < -0.4 is 16.6 Å². The molecule has 1 fully saturated rings. The number of benzene rings is 1. The number of hydrogen-bond acceptors (Lipinski definition) is 4. The summed E-state index contributed by atoms with van der Waals surface area (Å²) in [4.78, 5) is 28.6. The fraction of sp³-hybridized carbons (Fsp3) is 0.500. The van der Waals surface area contributed by atoms with Crippen LogP contribution in [0.25, 0.3) is 0 Å². The van der Waals surface area contributed by atoms with E-state index in [1.807, 2.05) is 6.07 Å². The van der Waals surface area contributed by atoms with Gasteiger partial charge in [-0.25, -0.2) is 9.18 Å². The van der Waals surface area contributed by atoms with Crippen LogP contribution in [0.2, 0.25) is 0 Å². The van der Waals surface area contributed by atoms with E-state index in [2.05, 4.69) is 10.3 Å². The minimum atomic E-state index is -0.412. The number of aryl methyl sites for hydroxylation is 1. The van der Waals surface area contributed by atoms with Crippen LogP contribution in [-0.2, 0) is 23.1 Å². The number of hydrogen-bond donors (Lipinski definition) is 2. The predicted octanol–water partition coefficient (Wildman–Crippen LogP) is 2.23. The molecule has 0 amide bonds. The van der Waals surface area contributed by atoms with E-state index in [0.717, 1.165) is 24.0 Å². The van der Waals surface area contributed by atoms with Gasteiger partial charge in [-0.05, 0) is 61.8 Å². The lowest BCUT2D eigenvalue weighted by Gasteiger charge is -2.37. The highest BCUT2D eigenvalue weighted by Crippen LogP contribution is 2.45. The van der Waals surface area contributed by atoms with E-state index in [9.17, 15) is 14.0 Å². The van der Waals surface area contributed by atoms with Crippen LogP contribution in [0.5, 0.6) is 0 Å². The van der Waals surface area contributed by atoms with Crippen molar-refractivity contribution in [1.29, 1.82) is 0 Å². The van der Waals surface area contributed by atoms with E-state index in [-0.39, 0.29) is 23.1 Å². The zero-order valence-electron chi connectivity index (χ0n) is 15.0. The van der Waals surface area contributed by atoms with Gasteiger partial charge >= 0.3 is 5.69 Å². The first-order valence-electron chi connectivity index (χ1n) is 9.60. The first-order chi connectivity index (χ1) is 13.1. The molecule has 5 rings (SSSR count). The lowest BCUT2D eigenvalue weighted by Crippen LogP contribution is -2.46. The number of nitrogens with zero attached hydrogens (tertiary/aromatic N) is 1. The SMILES string of the molecule is O=c1[nH]c2c(c(=O)n1C1CCOCC1)CC[C@@]1(CCc3ccc(F)cc31)N2. The maximum Gasteiger partial charge on any atom is 0.330 e. The van der Waals surface area contributed by atoms with Crippen LogP contribution in [0.15, 0.2) is 27.8 Å². The summed E-state index contributed by atoms with van der Waals surface area (Å²) < 4.78 is 20.5. The zero-order chi connectivity index (χ0) is 18.6. The summed E-state index contributed by atoms with van der Waals surface area (Å²) in [6, 6.07) is 4.80. The molecule has 3 heterocycles. The number of aromatic nitrogens is 2. The second-order valence-corrected chi connectivity index (χ2v) is 7.81. The van der Waals surface area contributed by atoms with Gasteiger partial charge in [0.15, 0.2) is 0 Å². The van der Waals surface area contributed by atoms with E-state index in [4.69, 9.17) is 4.74 Å². The van der Waals surface area contributed by atoms with Gasteiger partial charge < -0.3 is 10.1 Å². The summed E-state index contributed by atoms with van der Waals surface area (Å²) in [5.41, 5.74) is 1.70. The maximum absolute atomic E-state index is 13.8. The summed E-state index contributed by atoms with van der Waals surface area (Å²) in [7, 11) is 0. The standard InChI is InChI=1S/C20H22FN3O3/c21-13-2-1-12-3-7-20(16(12)11-13)8-4-15-17(23-20)22-19(26)24(18(15)25)14-5-9-27-10-6-14/h1-2,11,14,23H,3-10H2,(H,22,26)/t20-/m1/s1. The summed E-state index contributed by atoms with van der Waals surface area (Å²) in [5, 5.41) is 3.41. The van der Waals surface area contributed by atoms with Crippen molar-refractivity contribution in [2.24, 2.45) is 0 Å². The lowest BCUT2D eigenvalue weighted by molar-refractivity contribution is 0.0673. The van der Waals surface area contributed by atoms with E-state index < -0.39 is 5.54 Å². The maximum atomic E-state index is 13.8. The number of nitrogens with one attached hydrogen (secondary N) is 2. The fourth-order valence-electron chi connectivity index (χ4n) is 4.93. The molecule has 1 saturated heterocycles. The van der Waals surface area contributed by atoms with Gasteiger partial charge in [-0.15, -0.1) is 0 Å². The minimum Gasteiger partial charge on any atom is -0.381 e. The molecule has 0 bridgehead atoms. The molecule has 2 aliphatic heterocycles. The molecular formula is C20H22FN3O3. The average Bonchev–Trinajstić information content (AvgIpc) is 3.00. The molecule has 6 nitrogen and oxygen atoms in total. The molecule has 1 spiro atoms. The summed E-state index contributed by atoms with van der Waals surface area (Å²) in [6.45, 7) is 1.13. The van der Waals surface area contributed by atoms with Crippen molar-refractivity contribution in [1.82, 2.24) is 9.55 Å². The highest BCUT2D eigenvalue weighted by atomic mass is 19.1. The highest BCUT2D eigenvalue weighted by Gasteiger charge is 2.42. The predicted molar refractivity (Wildman–Crippen MR) is 98.8 cm³/mol. The molecule has 0 radical (unpaired) electrons. The molecule has 0 unspecified atom stereocenters. The van der Waals surface area contributed by atoms with Gasteiger partial charge in [-0.3, -0.25) is 14.3 Å². The summed E-state index contributed by atoms with van der Waals surface area (Å²) in [5.74, 6) is 0.239. The Hall–Kier alpha value is -2.41. The van der Waals surface area contributed by atoms with E-state index in [0.29, 0.717) is 50.3 Å². The van der Waals surface area contributed by atoms with Crippen molar-refractivity contribution >= 4 is 5.82 Å². The number of fused-ring (bicyclic) bond motifs is 3. The zero-order valence-corrected chi connectivity index (χ0v) is 15.0. The normalized spacial score (nSPS) is 24.5.